The first kappa shape index (κ1) is 18.2. The van der Waals surface area contributed by atoms with Gasteiger partial charge in [-0.05, 0) is 30.5 Å². The molecule has 0 radical (unpaired) electrons. The predicted molar refractivity (Wildman–Crippen MR) is 82.8 cm³/mol. The van der Waals surface area contributed by atoms with Crippen LogP contribution < -0.4 is 11.1 Å². The molecule has 0 aliphatic heterocycles. The van der Waals surface area contributed by atoms with Gasteiger partial charge in [0, 0.05) is 18.0 Å². The Morgan fingerprint density at radius 1 is 1.26 bits per heavy atom. The van der Waals surface area contributed by atoms with Crippen LogP contribution in [-0.2, 0) is 10.3 Å². The van der Waals surface area contributed by atoms with Gasteiger partial charge in [0.2, 0.25) is 5.91 Å². The van der Waals surface area contributed by atoms with Gasteiger partial charge in [-0.15, -0.1) is 12.4 Å². The Morgan fingerprint density at radius 2 is 1.79 bits per heavy atom. The van der Waals surface area contributed by atoms with Crippen molar-refractivity contribution in [1.82, 2.24) is 5.32 Å². The van der Waals surface area contributed by atoms with E-state index in [2.05, 4.69) is 19.2 Å². The molecule has 0 atom stereocenters. The normalized spacial score (nSPS) is 10.7. The van der Waals surface area contributed by atoms with E-state index < -0.39 is 0 Å². The molecule has 5 heteroatoms. The minimum atomic E-state index is -0.323. The highest BCUT2D eigenvalue weighted by molar-refractivity contribution is 6.30. The zero-order valence-corrected chi connectivity index (χ0v) is 13.0. The molecule has 0 aliphatic carbocycles. The van der Waals surface area contributed by atoms with Crippen molar-refractivity contribution >= 4 is 29.9 Å². The molecule has 1 rings (SSSR count). The van der Waals surface area contributed by atoms with Crippen LogP contribution in [0.25, 0.3) is 0 Å². The highest BCUT2D eigenvalue weighted by Gasteiger charge is 2.29. The van der Waals surface area contributed by atoms with E-state index in [0.717, 1.165) is 18.4 Å². The average molecular weight is 305 g/mol. The summed E-state index contributed by atoms with van der Waals surface area (Å²) < 4.78 is 0. The van der Waals surface area contributed by atoms with E-state index in [4.69, 9.17) is 17.3 Å². The van der Waals surface area contributed by atoms with Gasteiger partial charge in [0.05, 0.1) is 5.54 Å². The van der Waals surface area contributed by atoms with Crippen molar-refractivity contribution < 1.29 is 4.79 Å². The minimum absolute atomic E-state index is 0. The van der Waals surface area contributed by atoms with Crippen molar-refractivity contribution in [3.8, 4) is 0 Å². The maximum atomic E-state index is 11.8. The van der Waals surface area contributed by atoms with Gasteiger partial charge < -0.3 is 11.1 Å². The third-order valence-corrected chi connectivity index (χ3v) is 3.61. The molecule has 0 aliphatic rings. The zero-order chi connectivity index (χ0) is 13.6. The number of carbonyl (C=O) groups excluding carboxylic acids is 1. The lowest BCUT2D eigenvalue weighted by Gasteiger charge is -2.33. The van der Waals surface area contributed by atoms with Gasteiger partial charge in [-0.1, -0.05) is 37.6 Å². The molecular weight excluding hydrogens is 283 g/mol. The number of rotatable bonds is 6. The lowest BCUT2D eigenvalue weighted by atomic mass is 9.84. The number of nitrogens with two attached hydrogens (primary N) is 1. The highest BCUT2D eigenvalue weighted by atomic mass is 35.5. The van der Waals surface area contributed by atoms with Crippen LogP contribution in [0.1, 0.15) is 38.7 Å². The van der Waals surface area contributed by atoms with Gasteiger partial charge in [-0.3, -0.25) is 4.79 Å². The third-order valence-electron chi connectivity index (χ3n) is 3.35. The van der Waals surface area contributed by atoms with Crippen LogP contribution in [0.2, 0.25) is 5.02 Å². The van der Waals surface area contributed by atoms with Crippen molar-refractivity contribution in [2.24, 2.45) is 5.73 Å². The molecule has 0 saturated heterocycles. The van der Waals surface area contributed by atoms with E-state index >= 15 is 0 Å². The summed E-state index contributed by atoms with van der Waals surface area (Å²) in [5.41, 5.74) is 6.17. The Morgan fingerprint density at radius 3 is 2.21 bits per heavy atom. The number of hydrogen-bond acceptors (Lipinski definition) is 2. The number of halogens is 2. The van der Waals surface area contributed by atoms with Gasteiger partial charge in [-0.2, -0.15) is 0 Å². The predicted octanol–water partition coefficient (Wildman–Crippen LogP) is 3.24. The van der Waals surface area contributed by atoms with Crippen LogP contribution in [0, 0.1) is 0 Å². The molecule has 19 heavy (non-hydrogen) atoms. The van der Waals surface area contributed by atoms with E-state index in [9.17, 15) is 4.79 Å². The van der Waals surface area contributed by atoms with E-state index in [1.165, 1.54) is 0 Å². The summed E-state index contributed by atoms with van der Waals surface area (Å²) in [6.45, 7) is 4.51. The summed E-state index contributed by atoms with van der Waals surface area (Å²) in [6.07, 6.45) is 2.03. The maximum Gasteiger partial charge on any atom is 0.221 e. The second-order valence-corrected chi connectivity index (χ2v) is 4.82. The van der Waals surface area contributed by atoms with Gasteiger partial charge in [0.1, 0.15) is 0 Å². The summed E-state index contributed by atoms with van der Waals surface area (Å²) in [5.74, 6) is -0.00356. The SMILES string of the molecule is CCC(CC)(NC(=O)CCN)c1ccc(Cl)cc1.Cl. The fourth-order valence-corrected chi connectivity index (χ4v) is 2.26. The monoisotopic (exact) mass is 304 g/mol. The van der Waals surface area contributed by atoms with E-state index in [-0.39, 0.29) is 23.9 Å². The third kappa shape index (κ3) is 4.68. The first-order valence-electron chi connectivity index (χ1n) is 6.35. The molecule has 3 nitrogen and oxygen atoms in total. The average Bonchev–Trinajstić information content (AvgIpc) is 2.37. The van der Waals surface area contributed by atoms with Gasteiger partial charge in [0.25, 0.3) is 0 Å². The van der Waals surface area contributed by atoms with Crippen molar-refractivity contribution in [2.75, 3.05) is 6.54 Å². The second-order valence-electron chi connectivity index (χ2n) is 4.38. The van der Waals surface area contributed by atoms with Crippen LogP contribution in [0.5, 0.6) is 0 Å². The Kier molecular flexibility index (Phi) is 8.07. The Bertz CT molecular complexity index is 389. The quantitative estimate of drug-likeness (QED) is 0.847. The number of benzene rings is 1. The molecule has 0 spiro atoms. The fourth-order valence-electron chi connectivity index (χ4n) is 2.14. The summed E-state index contributed by atoms with van der Waals surface area (Å²) in [6, 6.07) is 7.65. The van der Waals surface area contributed by atoms with Crippen LogP contribution >= 0.6 is 24.0 Å². The first-order valence-corrected chi connectivity index (χ1v) is 6.73. The van der Waals surface area contributed by atoms with Crippen molar-refractivity contribution in [2.45, 2.75) is 38.6 Å². The largest absolute Gasteiger partial charge is 0.347 e. The molecule has 1 aromatic rings. The lowest BCUT2D eigenvalue weighted by Crippen LogP contribution is -2.45. The number of nitrogens with one attached hydrogen (secondary N) is 1. The minimum Gasteiger partial charge on any atom is -0.347 e. The Balaban J connectivity index is 0.00000324. The molecule has 0 fully saturated rings. The number of amides is 1. The molecule has 0 saturated carbocycles. The first-order chi connectivity index (χ1) is 8.57. The topological polar surface area (TPSA) is 55.1 Å². The zero-order valence-electron chi connectivity index (χ0n) is 11.4. The van der Waals surface area contributed by atoms with Gasteiger partial charge >= 0.3 is 0 Å². The van der Waals surface area contributed by atoms with Crippen molar-refractivity contribution in [1.29, 1.82) is 0 Å². The summed E-state index contributed by atoms with van der Waals surface area (Å²) in [7, 11) is 0. The molecule has 1 aromatic carbocycles. The van der Waals surface area contributed by atoms with Gasteiger partial charge in [0.15, 0.2) is 0 Å². The van der Waals surface area contributed by atoms with Gasteiger partial charge in [-0.25, -0.2) is 0 Å². The molecule has 1 amide bonds. The van der Waals surface area contributed by atoms with Crippen LogP contribution in [-0.4, -0.2) is 12.5 Å². The molecule has 0 aromatic heterocycles. The standard InChI is InChI=1S/C14H21ClN2O.ClH/c1-3-14(4-2,17-13(18)9-10-16)11-5-7-12(15)8-6-11;/h5-8H,3-4,9-10,16H2,1-2H3,(H,17,18);1H. The van der Waals surface area contributed by atoms with E-state index in [1.54, 1.807) is 0 Å². The molecule has 3 N–H and O–H groups in total. The Labute approximate surface area is 126 Å². The highest BCUT2D eigenvalue weighted by Crippen LogP contribution is 2.29. The summed E-state index contributed by atoms with van der Waals surface area (Å²) in [5, 5.41) is 3.81. The summed E-state index contributed by atoms with van der Waals surface area (Å²) in [4.78, 5) is 11.8. The molecule has 0 heterocycles. The number of carbonyl (C=O) groups is 1. The molecular formula is C14H22Cl2N2O. The van der Waals surface area contributed by atoms with E-state index in [1.807, 2.05) is 24.3 Å². The van der Waals surface area contributed by atoms with Crippen LogP contribution in [0.15, 0.2) is 24.3 Å². The van der Waals surface area contributed by atoms with E-state index in [0.29, 0.717) is 18.0 Å². The van der Waals surface area contributed by atoms with Crippen LogP contribution in [0.3, 0.4) is 0 Å². The van der Waals surface area contributed by atoms with Crippen molar-refractivity contribution in [3.63, 3.8) is 0 Å². The molecule has 0 bridgehead atoms. The lowest BCUT2D eigenvalue weighted by molar-refractivity contribution is -0.123. The fraction of sp³-hybridized carbons (Fsp3) is 0.500. The number of hydrogen-bond donors (Lipinski definition) is 2. The molecule has 0 unspecified atom stereocenters. The Hall–Kier alpha value is -0.770. The van der Waals surface area contributed by atoms with Crippen LogP contribution in [0.4, 0.5) is 0 Å². The summed E-state index contributed by atoms with van der Waals surface area (Å²) >= 11 is 5.90. The van der Waals surface area contributed by atoms with Crippen molar-refractivity contribution in [3.05, 3.63) is 34.9 Å². The second kappa shape index (κ2) is 8.41. The maximum absolute atomic E-state index is 11.8. The molecule has 108 valence electrons. The smallest absolute Gasteiger partial charge is 0.221 e.